The van der Waals surface area contributed by atoms with E-state index in [2.05, 4.69) is 15.3 Å². The number of para-hydroxylation sites is 1. The number of amides is 1. The van der Waals surface area contributed by atoms with E-state index in [1.54, 1.807) is 42.4 Å². The van der Waals surface area contributed by atoms with Crippen molar-refractivity contribution in [3.8, 4) is 5.75 Å². The molecule has 25 heavy (non-hydrogen) atoms. The maximum atomic E-state index is 12.4. The van der Waals surface area contributed by atoms with Gasteiger partial charge in [0.2, 0.25) is 5.89 Å². The number of aromatic nitrogens is 2. The summed E-state index contributed by atoms with van der Waals surface area (Å²) in [6, 6.07) is 7.08. The summed E-state index contributed by atoms with van der Waals surface area (Å²) >= 11 is 2.98. The molecule has 2 heterocycles. The molecule has 0 saturated heterocycles. The summed E-state index contributed by atoms with van der Waals surface area (Å²) < 4.78 is 11.8. The number of nitrogens with zero attached hydrogens (tertiary/aromatic N) is 2. The Bertz CT molecular complexity index is 860. The number of nitrogens with one attached hydrogen (secondary N) is 1. The van der Waals surface area contributed by atoms with Gasteiger partial charge in [-0.2, -0.15) is 0 Å². The van der Waals surface area contributed by atoms with Crippen molar-refractivity contribution in [2.24, 2.45) is 0 Å². The number of anilines is 1. The number of hydrogen-bond donors (Lipinski definition) is 1. The normalized spacial score (nSPS) is 10.6. The molecule has 1 amide bonds. The van der Waals surface area contributed by atoms with Gasteiger partial charge in [-0.1, -0.05) is 30.4 Å². The first-order chi connectivity index (χ1) is 12.2. The first-order valence-electron chi connectivity index (χ1n) is 7.66. The molecule has 1 aromatic carbocycles. The predicted octanol–water partition coefficient (Wildman–Crippen LogP) is 4.25. The minimum absolute atomic E-state index is 0.247. The third kappa shape index (κ3) is 4.40. The van der Waals surface area contributed by atoms with E-state index in [9.17, 15) is 4.79 Å². The summed E-state index contributed by atoms with van der Waals surface area (Å²) in [4.78, 5) is 20.8. The first kappa shape index (κ1) is 17.5. The van der Waals surface area contributed by atoms with Gasteiger partial charge in [-0.15, -0.1) is 11.8 Å². The fourth-order valence-electron chi connectivity index (χ4n) is 2.09. The molecule has 0 spiro atoms. The molecule has 0 aliphatic rings. The van der Waals surface area contributed by atoms with Crippen molar-refractivity contribution in [2.75, 3.05) is 12.4 Å². The van der Waals surface area contributed by atoms with E-state index in [1.165, 1.54) is 18.4 Å². The van der Waals surface area contributed by atoms with Gasteiger partial charge in [-0.25, -0.2) is 9.97 Å². The summed E-state index contributed by atoms with van der Waals surface area (Å²) in [5, 5.41) is 3.34. The standard InChI is InChI=1S/C17H17N3O3S2/c1-3-11-8-18-14(23-11)10-24-15-9-19-17(25-15)20-16(21)12-6-4-5-7-13(12)22-2/h4-9H,3,10H2,1-2H3,(H,19,20,21). The minimum Gasteiger partial charge on any atom is -0.496 e. The lowest BCUT2D eigenvalue weighted by molar-refractivity contribution is 0.102. The third-order valence-electron chi connectivity index (χ3n) is 3.34. The summed E-state index contributed by atoms with van der Waals surface area (Å²) in [5.74, 6) is 2.48. The van der Waals surface area contributed by atoms with Crippen LogP contribution in [0.25, 0.3) is 0 Å². The number of oxazole rings is 1. The van der Waals surface area contributed by atoms with Crippen LogP contribution in [0, 0.1) is 0 Å². The topological polar surface area (TPSA) is 77.2 Å². The third-order valence-corrected chi connectivity index (χ3v) is 5.44. The number of thiazole rings is 1. The summed E-state index contributed by atoms with van der Waals surface area (Å²) in [7, 11) is 1.54. The second-order valence-corrected chi connectivity index (χ2v) is 7.31. The monoisotopic (exact) mass is 375 g/mol. The van der Waals surface area contributed by atoms with Crippen molar-refractivity contribution in [3.63, 3.8) is 0 Å². The first-order valence-corrected chi connectivity index (χ1v) is 9.46. The Hall–Kier alpha value is -2.32. The Morgan fingerprint density at radius 2 is 2.16 bits per heavy atom. The maximum absolute atomic E-state index is 12.4. The van der Waals surface area contributed by atoms with Crippen LogP contribution in [-0.2, 0) is 12.2 Å². The van der Waals surface area contributed by atoms with Crippen molar-refractivity contribution in [3.05, 3.63) is 53.9 Å². The van der Waals surface area contributed by atoms with Gasteiger partial charge in [-0.3, -0.25) is 10.1 Å². The zero-order chi connectivity index (χ0) is 17.6. The highest BCUT2D eigenvalue weighted by atomic mass is 32.2. The smallest absolute Gasteiger partial charge is 0.261 e. The van der Waals surface area contributed by atoms with Crippen LogP contribution in [0.4, 0.5) is 5.13 Å². The molecule has 8 heteroatoms. The van der Waals surface area contributed by atoms with Crippen LogP contribution in [0.5, 0.6) is 5.75 Å². The molecule has 0 bridgehead atoms. The Kier molecular flexibility index (Phi) is 5.72. The molecule has 2 aromatic heterocycles. The minimum atomic E-state index is -0.247. The summed E-state index contributed by atoms with van der Waals surface area (Å²) in [6.07, 6.45) is 4.32. The van der Waals surface area contributed by atoms with E-state index in [-0.39, 0.29) is 5.91 Å². The Morgan fingerprint density at radius 3 is 2.92 bits per heavy atom. The van der Waals surface area contributed by atoms with Crippen molar-refractivity contribution < 1.29 is 13.9 Å². The van der Waals surface area contributed by atoms with Gasteiger partial charge < -0.3 is 9.15 Å². The number of carbonyl (C=O) groups excluding carboxylic acids is 1. The molecule has 0 radical (unpaired) electrons. The lowest BCUT2D eigenvalue weighted by Gasteiger charge is -2.06. The van der Waals surface area contributed by atoms with Gasteiger partial charge >= 0.3 is 0 Å². The van der Waals surface area contributed by atoms with Crippen molar-refractivity contribution in [1.29, 1.82) is 0 Å². The average molecular weight is 375 g/mol. The largest absolute Gasteiger partial charge is 0.496 e. The molecular weight excluding hydrogens is 358 g/mol. The molecule has 3 aromatic rings. The van der Waals surface area contributed by atoms with Crippen molar-refractivity contribution >= 4 is 34.1 Å². The number of carbonyl (C=O) groups is 1. The number of aryl methyl sites for hydroxylation is 1. The Balaban J connectivity index is 1.60. The number of ether oxygens (including phenoxy) is 1. The number of methoxy groups -OCH3 is 1. The quantitative estimate of drug-likeness (QED) is 0.622. The number of benzene rings is 1. The molecule has 0 unspecified atom stereocenters. The summed E-state index contributed by atoms with van der Waals surface area (Å²) in [5.41, 5.74) is 0.473. The maximum Gasteiger partial charge on any atom is 0.261 e. The van der Waals surface area contributed by atoms with Gasteiger partial charge in [0.15, 0.2) is 5.13 Å². The molecule has 0 aliphatic carbocycles. The predicted molar refractivity (Wildman–Crippen MR) is 98.5 cm³/mol. The van der Waals surface area contributed by atoms with Crippen LogP contribution < -0.4 is 10.1 Å². The SMILES string of the molecule is CCc1cnc(CSc2cnc(NC(=O)c3ccccc3OC)s2)o1. The zero-order valence-corrected chi connectivity index (χ0v) is 15.4. The van der Waals surface area contributed by atoms with E-state index in [0.717, 1.165) is 16.4 Å². The Labute approximate surface area is 153 Å². The average Bonchev–Trinajstić information content (AvgIpc) is 3.28. The molecule has 6 nitrogen and oxygen atoms in total. The molecule has 0 atom stereocenters. The van der Waals surface area contributed by atoms with E-state index >= 15 is 0 Å². The van der Waals surface area contributed by atoms with Crippen LogP contribution >= 0.6 is 23.1 Å². The number of hydrogen-bond acceptors (Lipinski definition) is 7. The molecule has 0 aliphatic heterocycles. The van der Waals surface area contributed by atoms with Crippen LogP contribution in [0.1, 0.15) is 28.9 Å². The zero-order valence-electron chi connectivity index (χ0n) is 13.8. The van der Waals surface area contributed by atoms with Gasteiger partial charge in [0.25, 0.3) is 5.91 Å². The Morgan fingerprint density at radius 1 is 1.32 bits per heavy atom. The van der Waals surface area contributed by atoms with E-state index in [0.29, 0.717) is 28.1 Å². The fourth-order valence-corrected chi connectivity index (χ4v) is 3.81. The molecule has 3 rings (SSSR count). The second kappa shape index (κ2) is 8.17. The van der Waals surface area contributed by atoms with Gasteiger partial charge in [0.05, 0.1) is 35.0 Å². The number of rotatable bonds is 7. The lowest BCUT2D eigenvalue weighted by Crippen LogP contribution is -2.12. The summed E-state index contributed by atoms with van der Waals surface area (Å²) in [6.45, 7) is 2.03. The van der Waals surface area contributed by atoms with Crippen LogP contribution in [0.2, 0.25) is 0 Å². The molecule has 1 N–H and O–H groups in total. The van der Waals surface area contributed by atoms with E-state index in [4.69, 9.17) is 9.15 Å². The highest BCUT2D eigenvalue weighted by Crippen LogP contribution is 2.31. The van der Waals surface area contributed by atoms with Crippen molar-refractivity contribution in [2.45, 2.75) is 23.3 Å². The van der Waals surface area contributed by atoms with E-state index in [1.807, 2.05) is 13.0 Å². The number of thioether (sulfide) groups is 1. The van der Waals surface area contributed by atoms with E-state index < -0.39 is 0 Å². The van der Waals surface area contributed by atoms with Gasteiger partial charge in [0.1, 0.15) is 11.5 Å². The van der Waals surface area contributed by atoms with Gasteiger partial charge in [-0.05, 0) is 12.1 Å². The van der Waals surface area contributed by atoms with Crippen LogP contribution in [-0.4, -0.2) is 23.0 Å². The molecule has 0 saturated carbocycles. The molecule has 0 fully saturated rings. The van der Waals surface area contributed by atoms with Crippen LogP contribution in [0.15, 0.2) is 45.3 Å². The molecule has 130 valence electrons. The van der Waals surface area contributed by atoms with Gasteiger partial charge in [0, 0.05) is 6.42 Å². The highest BCUT2D eigenvalue weighted by molar-refractivity contribution is 8.00. The molecular formula is C17H17N3O3S2. The van der Waals surface area contributed by atoms with Crippen molar-refractivity contribution in [1.82, 2.24) is 9.97 Å². The van der Waals surface area contributed by atoms with Crippen LogP contribution in [0.3, 0.4) is 0 Å². The second-order valence-electron chi connectivity index (χ2n) is 5.00. The lowest BCUT2D eigenvalue weighted by atomic mass is 10.2. The fraction of sp³-hybridized carbons (Fsp3) is 0.235. The highest BCUT2D eigenvalue weighted by Gasteiger charge is 2.14.